The van der Waals surface area contributed by atoms with Crippen LogP contribution in [0.25, 0.3) is 0 Å². The van der Waals surface area contributed by atoms with E-state index in [2.05, 4.69) is 30.7 Å². The molecule has 0 aromatic heterocycles. The molecule has 0 bridgehead atoms. The standard InChI is InChI=1S/C19H29NO3/c1-5-12-23-15-18(21)14-20(11-10-16(2)3)13-17-8-6-7-9-19(17)22-4/h1,6-9,16,18,21H,10-15H2,2-4H3. The van der Waals surface area contributed by atoms with Gasteiger partial charge in [-0.15, -0.1) is 6.42 Å². The van der Waals surface area contributed by atoms with Crippen molar-refractivity contribution in [2.45, 2.75) is 32.9 Å². The first-order valence-corrected chi connectivity index (χ1v) is 8.10. The Kier molecular flexibility index (Phi) is 9.39. The SMILES string of the molecule is C#CCOCC(O)CN(CCC(C)C)Cc1ccccc1OC. The third-order valence-corrected chi connectivity index (χ3v) is 3.57. The predicted octanol–water partition coefficient (Wildman–Crippen LogP) is 2.55. The van der Waals surface area contributed by atoms with Crippen molar-refractivity contribution in [2.24, 2.45) is 5.92 Å². The second-order valence-corrected chi connectivity index (χ2v) is 6.10. The van der Waals surface area contributed by atoms with Gasteiger partial charge in [0, 0.05) is 18.7 Å². The van der Waals surface area contributed by atoms with Crippen LogP contribution >= 0.6 is 0 Å². The molecule has 0 heterocycles. The Hall–Kier alpha value is -1.54. The molecule has 0 aliphatic heterocycles. The van der Waals surface area contributed by atoms with Crippen molar-refractivity contribution in [3.05, 3.63) is 29.8 Å². The van der Waals surface area contributed by atoms with E-state index in [0.29, 0.717) is 12.5 Å². The first-order chi connectivity index (χ1) is 11.1. The van der Waals surface area contributed by atoms with Crippen LogP contribution in [0.3, 0.4) is 0 Å². The van der Waals surface area contributed by atoms with Crippen LogP contribution in [0, 0.1) is 18.3 Å². The second-order valence-electron chi connectivity index (χ2n) is 6.10. The van der Waals surface area contributed by atoms with Gasteiger partial charge in [0.2, 0.25) is 0 Å². The van der Waals surface area contributed by atoms with Crippen LogP contribution in [0.2, 0.25) is 0 Å². The first-order valence-electron chi connectivity index (χ1n) is 8.10. The molecule has 0 aliphatic rings. The van der Waals surface area contributed by atoms with Gasteiger partial charge in [0.05, 0.1) is 19.8 Å². The largest absolute Gasteiger partial charge is 0.496 e. The second kappa shape index (κ2) is 11.1. The number of para-hydroxylation sites is 1. The number of rotatable bonds is 11. The molecule has 0 saturated carbocycles. The van der Waals surface area contributed by atoms with Crippen molar-refractivity contribution in [2.75, 3.05) is 33.4 Å². The molecule has 23 heavy (non-hydrogen) atoms. The number of nitrogens with zero attached hydrogens (tertiary/aromatic N) is 1. The summed E-state index contributed by atoms with van der Waals surface area (Å²) in [5.41, 5.74) is 1.12. The Bertz CT molecular complexity index is 482. The van der Waals surface area contributed by atoms with Crippen LogP contribution in [0.5, 0.6) is 5.75 Å². The fourth-order valence-corrected chi connectivity index (χ4v) is 2.35. The maximum Gasteiger partial charge on any atom is 0.123 e. The third-order valence-electron chi connectivity index (χ3n) is 3.57. The van der Waals surface area contributed by atoms with Crippen molar-refractivity contribution >= 4 is 0 Å². The van der Waals surface area contributed by atoms with Crippen LogP contribution in [-0.4, -0.2) is 49.5 Å². The number of hydrogen-bond donors (Lipinski definition) is 1. The molecule has 0 saturated heterocycles. The molecule has 1 aromatic carbocycles. The molecule has 0 fully saturated rings. The predicted molar refractivity (Wildman–Crippen MR) is 93.4 cm³/mol. The van der Waals surface area contributed by atoms with E-state index in [1.54, 1.807) is 7.11 Å². The van der Waals surface area contributed by atoms with Gasteiger partial charge in [-0.1, -0.05) is 38.0 Å². The molecule has 128 valence electrons. The van der Waals surface area contributed by atoms with Gasteiger partial charge in [0.25, 0.3) is 0 Å². The van der Waals surface area contributed by atoms with Gasteiger partial charge in [0.15, 0.2) is 0 Å². The molecule has 0 spiro atoms. The lowest BCUT2D eigenvalue weighted by Crippen LogP contribution is -2.35. The minimum Gasteiger partial charge on any atom is -0.496 e. The van der Waals surface area contributed by atoms with Gasteiger partial charge in [-0.25, -0.2) is 0 Å². The number of benzene rings is 1. The van der Waals surface area contributed by atoms with E-state index in [-0.39, 0.29) is 13.2 Å². The van der Waals surface area contributed by atoms with Gasteiger partial charge in [0.1, 0.15) is 12.4 Å². The maximum atomic E-state index is 10.1. The third kappa shape index (κ3) is 8.03. The monoisotopic (exact) mass is 319 g/mol. The Morgan fingerprint density at radius 3 is 2.70 bits per heavy atom. The zero-order chi connectivity index (χ0) is 17.1. The molecule has 4 heteroatoms. The molecule has 1 rings (SSSR count). The lowest BCUT2D eigenvalue weighted by molar-refractivity contribution is 0.0251. The van der Waals surface area contributed by atoms with Crippen LogP contribution in [0.4, 0.5) is 0 Å². The van der Waals surface area contributed by atoms with E-state index >= 15 is 0 Å². The average Bonchev–Trinajstić information content (AvgIpc) is 2.53. The summed E-state index contributed by atoms with van der Waals surface area (Å²) in [5.74, 6) is 3.90. The minimum atomic E-state index is -0.551. The number of methoxy groups -OCH3 is 1. The van der Waals surface area contributed by atoms with Crippen molar-refractivity contribution in [3.63, 3.8) is 0 Å². The molecule has 0 radical (unpaired) electrons. The van der Waals surface area contributed by atoms with Gasteiger partial charge in [-0.05, 0) is 24.9 Å². The summed E-state index contributed by atoms with van der Waals surface area (Å²) in [6.07, 6.45) is 5.68. The van der Waals surface area contributed by atoms with Crippen LogP contribution in [0.1, 0.15) is 25.8 Å². The van der Waals surface area contributed by atoms with Gasteiger partial charge < -0.3 is 14.6 Å². The molecular formula is C19H29NO3. The highest BCUT2D eigenvalue weighted by atomic mass is 16.5. The Labute approximate surface area is 140 Å². The first kappa shape index (κ1) is 19.5. The molecular weight excluding hydrogens is 290 g/mol. The summed E-state index contributed by atoms with van der Waals surface area (Å²) in [6.45, 7) is 7.10. The fraction of sp³-hybridized carbons (Fsp3) is 0.579. The zero-order valence-electron chi connectivity index (χ0n) is 14.5. The van der Waals surface area contributed by atoms with Crippen LogP contribution < -0.4 is 4.74 Å². The zero-order valence-corrected chi connectivity index (χ0v) is 14.5. The van der Waals surface area contributed by atoms with Gasteiger partial charge in [-0.2, -0.15) is 0 Å². The van der Waals surface area contributed by atoms with Crippen molar-refractivity contribution < 1.29 is 14.6 Å². The summed E-state index contributed by atoms with van der Waals surface area (Å²) < 4.78 is 10.6. The molecule has 1 N–H and O–H groups in total. The van der Waals surface area contributed by atoms with E-state index in [0.717, 1.165) is 30.8 Å². The number of aliphatic hydroxyl groups excluding tert-OH is 1. The van der Waals surface area contributed by atoms with E-state index in [1.165, 1.54) is 0 Å². The Morgan fingerprint density at radius 1 is 1.30 bits per heavy atom. The molecule has 4 nitrogen and oxygen atoms in total. The lowest BCUT2D eigenvalue weighted by atomic mass is 10.1. The van der Waals surface area contributed by atoms with E-state index in [1.807, 2.05) is 18.2 Å². The quantitative estimate of drug-likeness (QED) is 0.503. The van der Waals surface area contributed by atoms with E-state index in [9.17, 15) is 5.11 Å². The summed E-state index contributed by atoms with van der Waals surface area (Å²) in [4.78, 5) is 2.24. The highest BCUT2D eigenvalue weighted by Crippen LogP contribution is 2.20. The van der Waals surface area contributed by atoms with Gasteiger partial charge in [-0.3, -0.25) is 4.90 Å². The smallest absolute Gasteiger partial charge is 0.123 e. The van der Waals surface area contributed by atoms with E-state index in [4.69, 9.17) is 15.9 Å². The van der Waals surface area contributed by atoms with Crippen molar-refractivity contribution in [3.8, 4) is 18.1 Å². The summed E-state index contributed by atoms with van der Waals surface area (Å²) in [7, 11) is 1.68. The van der Waals surface area contributed by atoms with Crippen molar-refractivity contribution in [1.82, 2.24) is 4.90 Å². The van der Waals surface area contributed by atoms with Crippen LogP contribution in [-0.2, 0) is 11.3 Å². The minimum absolute atomic E-state index is 0.232. The number of terminal acetylenes is 1. The summed E-state index contributed by atoms with van der Waals surface area (Å²) in [6, 6.07) is 7.99. The molecule has 1 atom stereocenters. The van der Waals surface area contributed by atoms with Crippen molar-refractivity contribution in [1.29, 1.82) is 0 Å². The van der Waals surface area contributed by atoms with Gasteiger partial charge >= 0.3 is 0 Å². The number of ether oxygens (including phenoxy) is 2. The Morgan fingerprint density at radius 2 is 2.04 bits per heavy atom. The lowest BCUT2D eigenvalue weighted by Gasteiger charge is -2.26. The number of hydrogen-bond acceptors (Lipinski definition) is 4. The maximum absolute atomic E-state index is 10.1. The topological polar surface area (TPSA) is 41.9 Å². The average molecular weight is 319 g/mol. The van der Waals surface area contributed by atoms with Crippen LogP contribution in [0.15, 0.2) is 24.3 Å². The number of aliphatic hydroxyl groups is 1. The Balaban J connectivity index is 2.66. The molecule has 0 aliphatic carbocycles. The fourth-order valence-electron chi connectivity index (χ4n) is 2.35. The molecule has 0 amide bonds. The highest BCUT2D eigenvalue weighted by molar-refractivity contribution is 5.33. The summed E-state index contributed by atoms with van der Waals surface area (Å²) in [5, 5.41) is 10.1. The van der Waals surface area contributed by atoms with E-state index < -0.39 is 6.10 Å². The molecule has 1 aromatic rings. The molecule has 1 unspecified atom stereocenters. The normalized spacial score (nSPS) is 12.4. The highest BCUT2D eigenvalue weighted by Gasteiger charge is 2.15. The summed E-state index contributed by atoms with van der Waals surface area (Å²) >= 11 is 0.